The van der Waals surface area contributed by atoms with Gasteiger partial charge in [-0.1, -0.05) is 37.3 Å². The first-order valence-electron chi connectivity index (χ1n) is 7.85. The molecule has 0 aliphatic rings. The van der Waals surface area contributed by atoms with Gasteiger partial charge in [-0.05, 0) is 37.7 Å². The average Bonchev–Trinajstić information content (AvgIpc) is 2.54. The molecule has 0 aliphatic heterocycles. The van der Waals surface area contributed by atoms with Gasteiger partial charge in [0.1, 0.15) is 11.5 Å². The quantitative estimate of drug-likeness (QED) is 0.802. The highest BCUT2D eigenvalue weighted by atomic mass is 35.5. The normalized spacial score (nSPS) is 11.3. The Morgan fingerprint density at radius 2 is 1.92 bits per heavy atom. The number of aryl methyl sites for hydroxylation is 1. The lowest BCUT2D eigenvalue weighted by Gasteiger charge is -2.14. The predicted molar refractivity (Wildman–Crippen MR) is 99.9 cm³/mol. The second-order valence-electron chi connectivity index (χ2n) is 5.70. The van der Waals surface area contributed by atoms with E-state index in [1.54, 1.807) is 0 Å². The summed E-state index contributed by atoms with van der Waals surface area (Å²) in [5, 5.41) is 5.97. The van der Waals surface area contributed by atoms with Gasteiger partial charge in [0.25, 0.3) is 0 Å². The van der Waals surface area contributed by atoms with Gasteiger partial charge in [-0.3, -0.25) is 4.79 Å². The molecule has 1 unspecified atom stereocenters. The minimum atomic E-state index is -0.0650. The first-order chi connectivity index (χ1) is 11.1. The molecule has 2 aromatic carbocycles. The monoisotopic (exact) mass is 348 g/mol. The van der Waals surface area contributed by atoms with Crippen molar-refractivity contribution in [2.24, 2.45) is 5.92 Å². The minimum Gasteiger partial charge on any atom is -0.457 e. The third-order valence-electron chi connectivity index (χ3n) is 3.60. The van der Waals surface area contributed by atoms with E-state index in [9.17, 15) is 4.79 Å². The maximum Gasteiger partial charge on any atom is 0.224 e. The van der Waals surface area contributed by atoms with Crippen LogP contribution in [0.1, 0.15) is 18.1 Å². The molecular formula is C19H25ClN2O2. The van der Waals surface area contributed by atoms with Crippen LogP contribution in [0, 0.1) is 12.8 Å². The minimum absolute atomic E-state index is 0. The zero-order valence-electron chi connectivity index (χ0n) is 14.3. The molecule has 0 saturated heterocycles. The fraction of sp³-hybridized carbons (Fsp3) is 0.316. The number of halogens is 1. The van der Waals surface area contributed by atoms with E-state index in [-0.39, 0.29) is 24.2 Å². The van der Waals surface area contributed by atoms with Gasteiger partial charge < -0.3 is 15.4 Å². The van der Waals surface area contributed by atoms with Gasteiger partial charge in [0.2, 0.25) is 5.91 Å². The maximum absolute atomic E-state index is 12.0. The Kier molecular flexibility index (Phi) is 8.30. The van der Waals surface area contributed by atoms with Crippen molar-refractivity contribution in [1.82, 2.24) is 10.6 Å². The van der Waals surface area contributed by atoms with E-state index in [0.29, 0.717) is 13.1 Å². The second kappa shape index (κ2) is 9.96. The molecule has 2 N–H and O–H groups in total. The fourth-order valence-corrected chi connectivity index (χ4v) is 2.31. The maximum atomic E-state index is 12.0. The predicted octanol–water partition coefficient (Wildman–Crippen LogP) is 3.68. The van der Waals surface area contributed by atoms with Crippen molar-refractivity contribution in [2.45, 2.75) is 20.4 Å². The smallest absolute Gasteiger partial charge is 0.224 e. The Morgan fingerprint density at radius 3 is 2.62 bits per heavy atom. The standard InChI is InChI=1S/C19H24N2O2.ClH/c1-14-7-6-9-17(11-14)23-18-10-5-4-8-16(18)13-21-19(22)15(2)12-20-3;/h4-11,15,20H,12-13H2,1-3H3,(H,21,22);1H. The van der Waals surface area contributed by atoms with Gasteiger partial charge in [-0.25, -0.2) is 0 Å². The van der Waals surface area contributed by atoms with E-state index >= 15 is 0 Å². The summed E-state index contributed by atoms with van der Waals surface area (Å²) >= 11 is 0. The molecule has 0 spiro atoms. The molecule has 0 heterocycles. The molecule has 0 aliphatic carbocycles. The SMILES string of the molecule is CNCC(C)C(=O)NCc1ccccc1Oc1cccc(C)c1.Cl. The number of benzene rings is 2. The van der Waals surface area contributed by atoms with Gasteiger partial charge >= 0.3 is 0 Å². The molecule has 1 atom stereocenters. The molecule has 130 valence electrons. The van der Waals surface area contributed by atoms with Crippen molar-refractivity contribution in [1.29, 1.82) is 0 Å². The van der Waals surface area contributed by atoms with E-state index in [0.717, 1.165) is 22.6 Å². The summed E-state index contributed by atoms with van der Waals surface area (Å²) < 4.78 is 5.97. The molecule has 4 nitrogen and oxygen atoms in total. The van der Waals surface area contributed by atoms with E-state index in [1.807, 2.05) is 69.4 Å². The number of para-hydroxylation sites is 1. The number of amides is 1. The average molecular weight is 349 g/mol. The van der Waals surface area contributed by atoms with Crippen molar-refractivity contribution in [3.63, 3.8) is 0 Å². The van der Waals surface area contributed by atoms with E-state index in [2.05, 4.69) is 10.6 Å². The van der Waals surface area contributed by atoms with Gasteiger partial charge in [0, 0.05) is 24.6 Å². The number of nitrogens with one attached hydrogen (secondary N) is 2. The fourth-order valence-electron chi connectivity index (χ4n) is 2.31. The first-order valence-corrected chi connectivity index (χ1v) is 7.85. The van der Waals surface area contributed by atoms with E-state index < -0.39 is 0 Å². The summed E-state index contributed by atoms with van der Waals surface area (Å²) in [6.45, 7) is 5.05. The van der Waals surface area contributed by atoms with Gasteiger partial charge in [-0.2, -0.15) is 0 Å². The van der Waals surface area contributed by atoms with Crippen LogP contribution < -0.4 is 15.4 Å². The molecule has 2 rings (SSSR count). The Labute approximate surface area is 150 Å². The number of rotatable bonds is 7. The number of ether oxygens (including phenoxy) is 1. The van der Waals surface area contributed by atoms with Gasteiger partial charge in [0.15, 0.2) is 0 Å². The van der Waals surface area contributed by atoms with Crippen LogP contribution in [0.5, 0.6) is 11.5 Å². The molecular weight excluding hydrogens is 324 g/mol. The van der Waals surface area contributed by atoms with Gasteiger partial charge in [-0.15, -0.1) is 12.4 Å². The third-order valence-corrected chi connectivity index (χ3v) is 3.60. The summed E-state index contributed by atoms with van der Waals surface area (Å²) in [6, 6.07) is 15.7. The zero-order valence-corrected chi connectivity index (χ0v) is 15.2. The number of hydrogen-bond donors (Lipinski definition) is 2. The Morgan fingerprint density at radius 1 is 1.17 bits per heavy atom. The summed E-state index contributed by atoms with van der Waals surface area (Å²) in [5.74, 6) is 1.53. The molecule has 1 amide bonds. The number of hydrogen-bond acceptors (Lipinski definition) is 3. The van der Waals surface area contributed by atoms with Crippen LogP contribution in [-0.4, -0.2) is 19.5 Å². The largest absolute Gasteiger partial charge is 0.457 e. The van der Waals surface area contributed by atoms with Crippen LogP contribution in [0.4, 0.5) is 0 Å². The third kappa shape index (κ3) is 5.87. The molecule has 0 aromatic heterocycles. The molecule has 5 heteroatoms. The molecule has 2 aromatic rings. The Bertz CT molecular complexity index is 661. The lowest BCUT2D eigenvalue weighted by Crippen LogP contribution is -2.33. The summed E-state index contributed by atoms with van der Waals surface area (Å²) in [5.41, 5.74) is 2.10. The highest BCUT2D eigenvalue weighted by Crippen LogP contribution is 2.25. The van der Waals surface area contributed by atoms with Crippen LogP contribution in [0.3, 0.4) is 0 Å². The summed E-state index contributed by atoms with van der Waals surface area (Å²) in [4.78, 5) is 12.0. The Balaban J connectivity index is 0.00000288. The van der Waals surface area contributed by atoms with Crippen LogP contribution in [-0.2, 0) is 11.3 Å². The van der Waals surface area contributed by atoms with Crippen LogP contribution in [0.2, 0.25) is 0 Å². The van der Waals surface area contributed by atoms with Crippen molar-refractivity contribution >= 4 is 18.3 Å². The van der Waals surface area contributed by atoms with Crippen molar-refractivity contribution < 1.29 is 9.53 Å². The highest BCUT2D eigenvalue weighted by molar-refractivity contribution is 5.85. The van der Waals surface area contributed by atoms with Crippen LogP contribution in [0.15, 0.2) is 48.5 Å². The lowest BCUT2D eigenvalue weighted by atomic mass is 10.1. The lowest BCUT2D eigenvalue weighted by molar-refractivity contribution is -0.124. The molecule has 0 fully saturated rings. The highest BCUT2D eigenvalue weighted by Gasteiger charge is 2.12. The van der Waals surface area contributed by atoms with E-state index in [4.69, 9.17) is 4.74 Å². The molecule has 0 saturated carbocycles. The van der Waals surface area contributed by atoms with Crippen LogP contribution >= 0.6 is 12.4 Å². The summed E-state index contributed by atoms with van der Waals surface area (Å²) in [6.07, 6.45) is 0. The Hall–Kier alpha value is -2.04. The number of carbonyl (C=O) groups excluding carboxylic acids is 1. The van der Waals surface area contributed by atoms with Crippen molar-refractivity contribution in [3.8, 4) is 11.5 Å². The van der Waals surface area contributed by atoms with Crippen molar-refractivity contribution in [2.75, 3.05) is 13.6 Å². The zero-order chi connectivity index (χ0) is 16.7. The van der Waals surface area contributed by atoms with Crippen molar-refractivity contribution in [3.05, 3.63) is 59.7 Å². The van der Waals surface area contributed by atoms with Crippen LogP contribution in [0.25, 0.3) is 0 Å². The van der Waals surface area contributed by atoms with E-state index in [1.165, 1.54) is 0 Å². The summed E-state index contributed by atoms with van der Waals surface area (Å²) in [7, 11) is 1.84. The van der Waals surface area contributed by atoms with Gasteiger partial charge in [0.05, 0.1) is 0 Å². The molecule has 0 radical (unpaired) electrons. The topological polar surface area (TPSA) is 50.4 Å². The first kappa shape index (κ1) is 20.0. The second-order valence-corrected chi connectivity index (χ2v) is 5.70. The molecule has 0 bridgehead atoms. The number of carbonyl (C=O) groups is 1. The molecule has 24 heavy (non-hydrogen) atoms.